The molecule has 2 heterocycles. The van der Waals surface area contributed by atoms with E-state index >= 15 is 0 Å². The molecule has 1 fully saturated rings. The number of carbonyl (C=O) groups is 1. The Hall–Kier alpha value is -1.78. The smallest absolute Gasteiger partial charge is 0.226 e. The normalized spacial score (nSPS) is 22.7. The molecule has 1 N–H and O–H groups in total. The van der Waals surface area contributed by atoms with Crippen molar-refractivity contribution in [2.75, 3.05) is 31.1 Å². The van der Waals surface area contributed by atoms with Gasteiger partial charge in [-0.25, -0.2) is 0 Å². The third-order valence-electron chi connectivity index (χ3n) is 4.62. The van der Waals surface area contributed by atoms with Crippen molar-refractivity contribution >= 4 is 11.6 Å². The summed E-state index contributed by atoms with van der Waals surface area (Å²) in [7, 11) is 0. The molecular weight excluding hydrogens is 264 g/mol. The highest BCUT2D eigenvalue weighted by Gasteiger charge is 2.28. The second-order valence-corrected chi connectivity index (χ2v) is 6.08. The van der Waals surface area contributed by atoms with Gasteiger partial charge in [0.15, 0.2) is 0 Å². The number of nitrogens with one attached hydrogen (secondary N) is 1. The molecule has 1 atom stereocenters. The zero-order valence-corrected chi connectivity index (χ0v) is 12.9. The van der Waals surface area contributed by atoms with Gasteiger partial charge >= 0.3 is 0 Å². The van der Waals surface area contributed by atoms with Crippen molar-refractivity contribution in [2.45, 2.75) is 33.1 Å². The minimum atomic E-state index is 0.207. The topological polar surface area (TPSA) is 52.2 Å². The number of aromatic amines is 1. The fourth-order valence-electron chi connectivity index (χ4n) is 3.44. The van der Waals surface area contributed by atoms with Crippen LogP contribution in [0, 0.1) is 19.8 Å². The molecule has 0 bridgehead atoms. The Bertz CT molecular complexity index is 521. The lowest BCUT2D eigenvalue weighted by Gasteiger charge is -2.37. The summed E-state index contributed by atoms with van der Waals surface area (Å²) < 4.78 is 0. The number of allylic oxidation sites excluding steroid dienone is 2. The van der Waals surface area contributed by atoms with E-state index in [1.54, 1.807) is 0 Å². The number of piperazine rings is 1. The fourth-order valence-corrected chi connectivity index (χ4v) is 3.44. The highest BCUT2D eigenvalue weighted by Crippen LogP contribution is 2.25. The van der Waals surface area contributed by atoms with Crippen LogP contribution in [0.15, 0.2) is 12.2 Å². The standard InChI is InChI=1S/C16H24N4O/c1-12-15(13(2)18-17-12)19-8-10-20(11-9-19)16(21)14-6-4-3-5-7-14/h3-4,14H,5-11H2,1-2H3,(H,17,18). The third-order valence-corrected chi connectivity index (χ3v) is 4.62. The summed E-state index contributed by atoms with van der Waals surface area (Å²) in [6.45, 7) is 7.53. The highest BCUT2D eigenvalue weighted by molar-refractivity contribution is 5.79. The third kappa shape index (κ3) is 2.82. The highest BCUT2D eigenvalue weighted by atomic mass is 16.2. The van der Waals surface area contributed by atoms with Crippen LogP contribution in [-0.4, -0.2) is 47.2 Å². The summed E-state index contributed by atoms with van der Waals surface area (Å²) in [5.41, 5.74) is 3.37. The Morgan fingerprint density at radius 3 is 2.57 bits per heavy atom. The van der Waals surface area contributed by atoms with Crippen molar-refractivity contribution in [1.29, 1.82) is 0 Å². The van der Waals surface area contributed by atoms with Gasteiger partial charge in [-0.3, -0.25) is 9.89 Å². The van der Waals surface area contributed by atoms with Gasteiger partial charge in [-0.2, -0.15) is 5.10 Å². The van der Waals surface area contributed by atoms with Gasteiger partial charge in [0, 0.05) is 32.1 Å². The molecule has 0 spiro atoms. The fraction of sp³-hybridized carbons (Fsp3) is 0.625. The second kappa shape index (κ2) is 5.92. The van der Waals surface area contributed by atoms with Crippen LogP contribution in [0.25, 0.3) is 0 Å². The molecule has 1 aromatic heterocycles. The summed E-state index contributed by atoms with van der Waals surface area (Å²) in [6, 6.07) is 0. The van der Waals surface area contributed by atoms with Gasteiger partial charge in [0.25, 0.3) is 0 Å². The van der Waals surface area contributed by atoms with Gasteiger partial charge in [-0.15, -0.1) is 0 Å². The molecule has 114 valence electrons. The largest absolute Gasteiger partial charge is 0.365 e. The van der Waals surface area contributed by atoms with E-state index in [-0.39, 0.29) is 5.92 Å². The number of nitrogens with zero attached hydrogens (tertiary/aromatic N) is 3. The van der Waals surface area contributed by atoms with Crippen molar-refractivity contribution < 1.29 is 4.79 Å². The lowest BCUT2D eigenvalue weighted by atomic mass is 9.93. The monoisotopic (exact) mass is 288 g/mol. The molecule has 5 nitrogen and oxygen atoms in total. The van der Waals surface area contributed by atoms with E-state index < -0.39 is 0 Å². The lowest BCUT2D eigenvalue weighted by molar-refractivity contribution is -0.136. The molecule has 1 amide bonds. The Labute approximate surface area is 126 Å². The predicted molar refractivity (Wildman–Crippen MR) is 83.3 cm³/mol. The average Bonchev–Trinajstić information content (AvgIpc) is 2.87. The Kier molecular flexibility index (Phi) is 3.99. The van der Waals surface area contributed by atoms with Crippen LogP contribution in [0.1, 0.15) is 30.7 Å². The first kappa shape index (κ1) is 14.2. The van der Waals surface area contributed by atoms with Gasteiger partial charge in [-0.05, 0) is 33.1 Å². The molecule has 21 heavy (non-hydrogen) atoms. The van der Waals surface area contributed by atoms with Gasteiger partial charge in [0.05, 0.1) is 17.1 Å². The number of rotatable bonds is 2. The van der Waals surface area contributed by atoms with Crippen molar-refractivity contribution in [3.8, 4) is 0 Å². The maximum absolute atomic E-state index is 12.5. The molecule has 3 rings (SSSR count). The molecule has 1 aliphatic carbocycles. The minimum Gasteiger partial charge on any atom is -0.365 e. The number of anilines is 1. The summed E-state index contributed by atoms with van der Waals surface area (Å²) in [5.74, 6) is 0.554. The molecule has 0 saturated carbocycles. The van der Waals surface area contributed by atoms with E-state index in [4.69, 9.17) is 0 Å². The summed E-state index contributed by atoms with van der Waals surface area (Å²) >= 11 is 0. The molecule has 0 aromatic carbocycles. The molecule has 0 radical (unpaired) electrons. The summed E-state index contributed by atoms with van der Waals surface area (Å²) in [6.07, 6.45) is 7.31. The van der Waals surface area contributed by atoms with E-state index in [0.29, 0.717) is 5.91 Å². The average molecular weight is 288 g/mol. The minimum absolute atomic E-state index is 0.207. The van der Waals surface area contributed by atoms with Crippen LogP contribution in [0.3, 0.4) is 0 Å². The van der Waals surface area contributed by atoms with Gasteiger partial charge in [0.2, 0.25) is 5.91 Å². The van der Waals surface area contributed by atoms with Crippen LogP contribution >= 0.6 is 0 Å². The van der Waals surface area contributed by atoms with Crippen molar-refractivity contribution in [1.82, 2.24) is 15.1 Å². The van der Waals surface area contributed by atoms with Crippen LogP contribution in [-0.2, 0) is 4.79 Å². The summed E-state index contributed by atoms with van der Waals surface area (Å²) in [5, 5.41) is 7.30. The number of hydrogen-bond acceptors (Lipinski definition) is 3. The van der Waals surface area contributed by atoms with Crippen molar-refractivity contribution in [3.63, 3.8) is 0 Å². The number of hydrogen-bond donors (Lipinski definition) is 1. The number of carbonyl (C=O) groups excluding carboxylic acids is 1. The maximum atomic E-state index is 12.5. The lowest BCUT2D eigenvalue weighted by Crippen LogP contribution is -2.50. The number of H-pyrrole nitrogens is 1. The molecule has 1 aromatic rings. The molecule has 1 aliphatic heterocycles. The first-order valence-corrected chi connectivity index (χ1v) is 7.87. The Morgan fingerprint density at radius 2 is 2.00 bits per heavy atom. The molecule has 5 heteroatoms. The van der Waals surface area contributed by atoms with Crippen LogP contribution < -0.4 is 4.90 Å². The number of aromatic nitrogens is 2. The predicted octanol–water partition coefficient (Wildman–Crippen LogP) is 2.03. The molecule has 2 aliphatic rings. The quantitative estimate of drug-likeness (QED) is 0.847. The van der Waals surface area contributed by atoms with Crippen molar-refractivity contribution in [3.05, 3.63) is 23.5 Å². The van der Waals surface area contributed by atoms with Crippen LogP contribution in [0.5, 0.6) is 0 Å². The van der Waals surface area contributed by atoms with Gasteiger partial charge in [0.1, 0.15) is 0 Å². The zero-order valence-electron chi connectivity index (χ0n) is 12.9. The van der Waals surface area contributed by atoms with Crippen LogP contribution in [0.4, 0.5) is 5.69 Å². The van der Waals surface area contributed by atoms with E-state index in [2.05, 4.69) is 34.2 Å². The van der Waals surface area contributed by atoms with Gasteiger partial charge in [-0.1, -0.05) is 12.2 Å². The number of aryl methyl sites for hydroxylation is 2. The van der Waals surface area contributed by atoms with Crippen LogP contribution in [0.2, 0.25) is 0 Å². The Morgan fingerprint density at radius 1 is 1.24 bits per heavy atom. The van der Waals surface area contributed by atoms with E-state index in [1.165, 1.54) is 5.69 Å². The van der Waals surface area contributed by atoms with E-state index in [9.17, 15) is 4.79 Å². The first-order chi connectivity index (χ1) is 10.2. The zero-order chi connectivity index (χ0) is 14.8. The molecule has 1 saturated heterocycles. The molecular formula is C16H24N4O. The number of amides is 1. The Balaban J connectivity index is 1.60. The van der Waals surface area contributed by atoms with Crippen molar-refractivity contribution in [2.24, 2.45) is 5.92 Å². The first-order valence-electron chi connectivity index (χ1n) is 7.87. The summed E-state index contributed by atoms with van der Waals surface area (Å²) in [4.78, 5) is 16.9. The SMILES string of the molecule is Cc1n[nH]c(C)c1N1CCN(C(=O)C2CC=CCC2)CC1. The van der Waals surface area contributed by atoms with E-state index in [1.807, 2.05) is 11.8 Å². The maximum Gasteiger partial charge on any atom is 0.226 e. The molecule has 1 unspecified atom stereocenters. The van der Waals surface area contributed by atoms with E-state index in [0.717, 1.165) is 56.8 Å². The van der Waals surface area contributed by atoms with Gasteiger partial charge < -0.3 is 9.80 Å². The second-order valence-electron chi connectivity index (χ2n) is 6.08.